The van der Waals surface area contributed by atoms with Crippen LogP contribution in [0.2, 0.25) is 0 Å². The monoisotopic (exact) mass is 817 g/mol. The maximum atomic E-state index is 11.3. The van der Waals surface area contributed by atoms with Crippen LogP contribution in [0.1, 0.15) is 79.8 Å². The van der Waals surface area contributed by atoms with E-state index in [0.29, 0.717) is 5.39 Å². The highest BCUT2D eigenvalue weighted by atomic mass is 32.2. The minimum atomic E-state index is -4.44. The lowest BCUT2D eigenvalue weighted by molar-refractivity contribution is 0.464. The van der Waals surface area contributed by atoms with Crippen LogP contribution in [0.25, 0.3) is 32.3 Å². The maximum Gasteiger partial charge on any atom is 0.125 e. The van der Waals surface area contributed by atoms with E-state index in [-0.39, 0.29) is 12.3 Å². The fraction of sp³-hybridized carbons (Fsp3) is 0.250. The molecule has 0 saturated carbocycles. The van der Waals surface area contributed by atoms with Crippen LogP contribution in [-0.4, -0.2) is 13.0 Å². The van der Waals surface area contributed by atoms with E-state index in [0.717, 1.165) is 22.1 Å². The van der Waals surface area contributed by atoms with Gasteiger partial charge >= 0.3 is 0 Å². The predicted octanol–water partition coefficient (Wildman–Crippen LogP) is 15.4. The summed E-state index contributed by atoms with van der Waals surface area (Å²) in [6, 6.07) is 46.1. The third kappa shape index (κ3) is 14.0. The Labute approximate surface area is 361 Å². The molecule has 3 nitrogen and oxygen atoms in total. The number of aryl methyl sites for hydroxylation is 13. The molecule has 314 valence electrons. The maximum absolute atomic E-state index is 11.3. The second-order valence-corrected chi connectivity index (χ2v) is 17.6. The zero-order valence-electron chi connectivity index (χ0n) is 37.3. The van der Waals surface area contributed by atoms with E-state index < -0.39 is 10.1 Å². The van der Waals surface area contributed by atoms with Gasteiger partial charge in [0.25, 0.3) is 0 Å². The van der Waals surface area contributed by atoms with Crippen LogP contribution < -0.4 is 0 Å². The SMILES string of the molecule is C.Cc1cc(C)c2c(S(=O)(=O)[O-])cc(C)cc2c1.Cc1cc(C)cc(C)c1.Cc1ccc(C)cc1.Cc1ccc2c(C)cc(C)cc2c1.Cc1cccc2c(C)cccc12. The first-order valence-corrected chi connectivity index (χ1v) is 21.6. The smallest absolute Gasteiger partial charge is 0.125 e. The summed E-state index contributed by atoms with van der Waals surface area (Å²) in [6.45, 7) is 26.9. The zero-order valence-corrected chi connectivity index (χ0v) is 38.2. The second-order valence-electron chi connectivity index (χ2n) is 16.3. The van der Waals surface area contributed by atoms with Crippen LogP contribution in [0.4, 0.5) is 0 Å². The molecule has 0 aliphatic carbocycles. The largest absolute Gasteiger partial charge is 0.744 e. The average Bonchev–Trinajstić information content (AvgIpc) is 3.13. The Balaban J connectivity index is 0.000000204. The minimum Gasteiger partial charge on any atom is -0.744 e. The van der Waals surface area contributed by atoms with E-state index >= 15 is 0 Å². The van der Waals surface area contributed by atoms with Crippen molar-refractivity contribution in [2.75, 3.05) is 0 Å². The molecule has 0 bridgehead atoms. The molecule has 0 unspecified atom stereocenters. The van der Waals surface area contributed by atoms with Crippen molar-refractivity contribution < 1.29 is 13.0 Å². The first-order chi connectivity index (χ1) is 27.7. The molecule has 0 radical (unpaired) electrons. The summed E-state index contributed by atoms with van der Waals surface area (Å²) in [5.74, 6) is 0. The molecule has 8 aromatic carbocycles. The summed E-state index contributed by atoms with van der Waals surface area (Å²) in [6.07, 6.45) is 0. The van der Waals surface area contributed by atoms with Crippen LogP contribution in [0.3, 0.4) is 0 Å². The van der Waals surface area contributed by atoms with Gasteiger partial charge in [0.1, 0.15) is 10.1 Å². The van der Waals surface area contributed by atoms with Crippen molar-refractivity contribution in [3.05, 3.63) is 206 Å². The number of rotatable bonds is 1. The van der Waals surface area contributed by atoms with Gasteiger partial charge < -0.3 is 4.55 Å². The topological polar surface area (TPSA) is 57.2 Å². The molecule has 0 fully saturated rings. The number of hydrogen-bond acceptors (Lipinski definition) is 3. The summed E-state index contributed by atoms with van der Waals surface area (Å²) in [7, 11) is -4.44. The first-order valence-electron chi connectivity index (χ1n) is 20.2. The summed E-state index contributed by atoms with van der Waals surface area (Å²) >= 11 is 0. The molecule has 0 N–H and O–H groups in total. The molecule has 0 aliphatic heterocycles. The molecular formula is C56H65O3S-. The van der Waals surface area contributed by atoms with Crippen molar-refractivity contribution in [2.45, 2.75) is 102 Å². The highest BCUT2D eigenvalue weighted by Crippen LogP contribution is 2.29. The Morgan fingerprint density at radius 2 is 0.700 bits per heavy atom. The standard InChI is InChI=1S/C13H14O3S.C13H14.C12H12.C9H12.C8H10.CH4/c1-8-4-10(3)13-11(5-8)6-9(2)7-12(13)17(14,15)16;1-9-4-5-13-11(3)6-10(2)8-12(13)7-9;1-9-5-3-8-12-10(2)6-4-7-11(9)12;1-7-4-8(2)6-9(3)5-7;1-7-3-5-8(2)6-4-7;/h4-7H,1-3H3,(H,14,15,16);4-8H,1-3H3;3-8H,1-2H3;4-6H,1-3H3;3-6H,1-2H3;1H4/p-1. The van der Waals surface area contributed by atoms with Gasteiger partial charge in [-0.25, -0.2) is 8.42 Å². The normalized spacial score (nSPS) is 10.5. The highest BCUT2D eigenvalue weighted by Gasteiger charge is 2.11. The summed E-state index contributed by atoms with van der Waals surface area (Å²) in [4.78, 5) is -0.120. The van der Waals surface area contributed by atoms with Gasteiger partial charge in [0.15, 0.2) is 0 Å². The van der Waals surface area contributed by atoms with Gasteiger partial charge in [-0.1, -0.05) is 179 Å². The Morgan fingerprint density at radius 1 is 0.333 bits per heavy atom. The number of benzene rings is 8. The first kappa shape index (κ1) is 48.8. The fourth-order valence-corrected chi connectivity index (χ4v) is 8.40. The fourth-order valence-electron chi connectivity index (χ4n) is 7.54. The lowest BCUT2D eigenvalue weighted by Gasteiger charge is -2.14. The molecule has 8 rings (SSSR count). The minimum absolute atomic E-state index is 0. The Bertz CT molecular complexity index is 2690. The summed E-state index contributed by atoms with van der Waals surface area (Å²) < 4.78 is 33.8. The molecule has 0 aromatic heterocycles. The molecule has 0 atom stereocenters. The van der Waals surface area contributed by atoms with Crippen LogP contribution in [0.15, 0.2) is 138 Å². The van der Waals surface area contributed by atoms with Crippen molar-refractivity contribution in [3.8, 4) is 0 Å². The Morgan fingerprint density at radius 3 is 1.15 bits per heavy atom. The Kier molecular flexibility index (Phi) is 17.6. The van der Waals surface area contributed by atoms with Gasteiger partial charge in [0.05, 0.1) is 4.90 Å². The number of hydrogen-bond donors (Lipinski definition) is 0. The van der Waals surface area contributed by atoms with Crippen molar-refractivity contribution in [1.82, 2.24) is 0 Å². The molecule has 0 amide bonds. The van der Waals surface area contributed by atoms with E-state index in [2.05, 4.69) is 178 Å². The van der Waals surface area contributed by atoms with Crippen LogP contribution in [-0.2, 0) is 10.1 Å². The van der Waals surface area contributed by atoms with E-state index in [1.807, 2.05) is 32.0 Å². The molecule has 0 aliphatic rings. The molecular weight excluding hydrogens is 753 g/mol. The van der Waals surface area contributed by atoms with Gasteiger partial charge in [-0.05, 0) is 151 Å². The van der Waals surface area contributed by atoms with Crippen molar-refractivity contribution in [3.63, 3.8) is 0 Å². The van der Waals surface area contributed by atoms with Crippen molar-refractivity contribution in [2.24, 2.45) is 0 Å². The van der Waals surface area contributed by atoms with Gasteiger partial charge in [-0.15, -0.1) is 0 Å². The quantitative estimate of drug-likeness (QED) is 0.155. The van der Waals surface area contributed by atoms with Gasteiger partial charge in [0.2, 0.25) is 0 Å². The molecule has 8 aromatic rings. The molecule has 60 heavy (non-hydrogen) atoms. The molecule has 0 spiro atoms. The van der Waals surface area contributed by atoms with E-state index in [4.69, 9.17) is 0 Å². The van der Waals surface area contributed by atoms with Crippen molar-refractivity contribution >= 4 is 42.4 Å². The van der Waals surface area contributed by atoms with Crippen LogP contribution in [0.5, 0.6) is 0 Å². The van der Waals surface area contributed by atoms with Gasteiger partial charge in [0, 0.05) is 5.39 Å². The molecule has 4 heteroatoms. The van der Waals surface area contributed by atoms with E-state index in [1.165, 1.54) is 83.2 Å². The third-order valence-electron chi connectivity index (χ3n) is 10.2. The third-order valence-corrected chi connectivity index (χ3v) is 11.0. The van der Waals surface area contributed by atoms with E-state index in [1.54, 1.807) is 6.92 Å². The Hall–Kier alpha value is -5.55. The van der Waals surface area contributed by atoms with Gasteiger partial charge in [-0.3, -0.25) is 0 Å². The average molecular weight is 818 g/mol. The summed E-state index contributed by atoms with van der Waals surface area (Å²) in [5, 5.41) is 6.82. The zero-order chi connectivity index (χ0) is 43.6. The molecule has 0 heterocycles. The van der Waals surface area contributed by atoms with Gasteiger partial charge in [-0.2, -0.15) is 0 Å². The predicted molar refractivity (Wildman–Crippen MR) is 261 cm³/mol. The lowest BCUT2D eigenvalue weighted by atomic mass is 10.0. The van der Waals surface area contributed by atoms with Crippen molar-refractivity contribution in [1.29, 1.82) is 0 Å². The second kappa shape index (κ2) is 21.6. The molecule has 0 saturated heterocycles. The highest BCUT2D eigenvalue weighted by molar-refractivity contribution is 7.86. The van der Waals surface area contributed by atoms with E-state index in [9.17, 15) is 13.0 Å². The number of fused-ring (bicyclic) bond motifs is 3. The van der Waals surface area contributed by atoms with Crippen LogP contribution >= 0.6 is 0 Å². The van der Waals surface area contributed by atoms with Crippen LogP contribution in [0, 0.1) is 90.0 Å². The summed E-state index contributed by atoms with van der Waals surface area (Å²) in [5.41, 5.74) is 16.1. The lowest BCUT2D eigenvalue weighted by Crippen LogP contribution is -2.01.